The van der Waals surface area contributed by atoms with Crippen molar-refractivity contribution in [3.63, 3.8) is 0 Å². The molecule has 3 aromatic rings. The van der Waals surface area contributed by atoms with Gasteiger partial charge in [-0.2, -0.15) is 0 Å². The Morgan fingerprint density at radius 3 is 2.73 bits per heavy atom. The molecule has 0 radical (unpaired) electrons. The molecule has 55 heavy (non-hydrogen) atoms. The molecule has 2 amide bonds. The molecule has 1 aromatic heterocycles. The molecule has 1 spiro atoms. The Morgan fingerprint density at radius 1 is 1.11 bits per heavy atom. The van der Waals surface area contributed by atoms with Crippen LogP contribution in [0, 0.1) is 17.8 Å². The number of nitrogens with zero attached hydrogens (tertiary/aromatic N) is 3. The van der Waals surface area contributed by atoms with Gasteiger partial charge in [0.1, 0.15) is 21.2 Å². The van der Waals surface area contributed by atoms with Gasteiger partial charge < -0.3 is 28.4 Å². The van der Waals surface area contributed by atoms with Crippen molar-refractivity contribution in [3.8, 4) is 11.5 Å². The zero-order valence-electron chi connectivity index (χ0n) is 32.1. The Labute approximate surface area is 329 Å². The summed E-state index contributed by atoms with van der Waals surface area (Å²) in [6, 6.07) is 11.6. The van der Waals surface area contributed by atoms with E-state index >= 15 is 0 Å². The quantitative estimate of drug-likeness (QED) is 0.281. The Morgan fingerprint density at radius 2 is 1.96 bits per heavy atom. The molecule has 1 fully saturated rings. The fourth-order valence-corrected chi connectivity index (χ4v) is 11.6. The van der Waals surface area contributed by atoms with Crippen molar-refractivity contribution < 1.29 is 32.7 Å². The number of anilines is 1. The molecule has 294 valence electrons. The van der Waals surface area contributed by atoms with Crippen LogP contribution in [0.1, 0.15) is 76.6 Å². The molecule has 4 heterocycles. The van der Waals surface area contributed by atoms with E-state index in [1.54, 1.807) is 26.5 Å². The van der Waals surface area contributed by atoms with Gasteiger partial charge in [0, 0.05) is 62.5 Å². The van der Waals surface area contributed by atoms with Crippen molar-refractivity contribution in [2.75, 3.05) is 51.7 Å². The molecular formula is C42H51ClN4O7S. The van der Waals surface area contributed by atoms with E-state index in [0.29, 0.717) is 55.9 Å². The first-order valence-corrected chi connectivity index (χ1v) is 21.5. The highest BCUT2D eigenvalue weighted by molar-refractivity contribution is 7.92. The number of amides is 2. The number of ether oxygens (including phenoxy) is 4. The SMILES string of the molecule is COc1c(C(=O)N[S@@]2(=O)=NC(=O)c3ccc4c(c3)N(C[C@@H]3CC[C@H]3[C@@H](OC)/C=C/C[C@H](C)C2)C[C@@]2(CCCc3cc(Cl)ccc32)CO4)cn2c1C[C@H](OC)C2. The van der Waals surface area contributed by atoms with Crippen LogP contribution in [0.5, 0.6) is 11.5 Å². The van der Waals surface area contributed by atoms with Crippen LogP contribution in [0.2, 0.25) is 5.02 Å². The number of fused-ring (bicyclic) bond motifs is 5. The summed E-state index contributed by atoms with van der Waals surface area (Å²) in [6.45, 7) is 4.50. The molecule has 2 aromatic carbocycles. The maximum atomic E-state index is 14.8. The van der Waals surface area contributed by atoms with Crippen molar-refractivity contribution in [1.82, 2.24) is 9.29 Å². The highest BCUT2D eigenvalue weighted by Crippen LogP contribution is 2.47. The van der Waals surface area contributed by atoms with Crippen LogP contribution in [0.25, 0.3) is 0 Å². The lowest BCUT2D eigenvalue weighted by Gasteiger charge is -2.46. The summed E-state index contributed by atoms with van der Waals surface area (Å²) in [6.07, 6.45) is 12.1. The fraction of sp³-hybridized carbons (Fsp3) is 0.524. The summed E-state index contributed by atoms with van der Waals surface area (Å²) in [5.74, 6) is 0.343. The van der Waals surface area contributed by atoms with Gasteiger partial charge in [0.05, 0.1) is 43.1 Å². The van der Waals surface area contributed by atoms with Crippen molar-refractivity contribution in [3.05, 3.63) is 87.7 Å². The van der Waals surface area contributed by atoms with Crippen LogP contribution in [-0.2, 0) is 44.2 Å². The minimum atomic E-state index is -3.61. The fourth-order valence-electron chi connectivity index (χ4n) is 9.57. The number of methoxy groups -OCH3 is 3. The number of carbonyl (C=O) groups is 2. The largest absolute Gasteiger partial charge is 0.494 e. The molecule has 3 aliphatic heterocycles. The molecule has 7 atom stereocenters. The van der Waals surface area contributed by atoms with E-state index in [2.05, 4.69) is 38.3 Å². The first-order chi connectivity index (χ1) is 26.5. The summed E-state index contributed by atoms with van der Waals surface area (Å²) >= 11 is 6.48. The molecule has 11 nitrogen and oxygen atoms in total. The second-order valence-electron chi connectivity index (χ2n) is 16.1. The number of allylic oxidation sites excluding steroid dienone is 1. The zero-order chi connectivity index (χ0) is 38.5. The third kappa shape index (κ3) is 7.31. The lowest BCUT2D eigenvalue weighted by atomic mass is 9.68. The van der Waals surface area contributed by atoms with Crippen LogP contribution in [0.4, 0.5) is 5.69 Å². The predicted molar refractivity (Wildman–Crippen MR) is 213 cm³/mol. The summed E-state index contributed by atoms with van der Waals surface area (Å²) in [5, 5.41) is 0.736. The van der Waals surface area contributed by atoms with Crippen LogP contribution >= 0.6 is 11.6 Å². The number of aromatic nitrogens is 1. The lowest BCUT2D eigenvalue weighted by molar-refractivity contribution is 0.0131. The lowest BCUT2D eigenvalue weighted by Crippen LogP contribution is -2.49. The van der Waals surface area contributed by atoms with Gasteiger partial charge in [0.2, 0.25) is 0 Å². The summed E-state index contributed by atoms with van der Waals surface area (Å²) in [4.78, 5) is 30.5. The highest BCUT2D eigenvalue weighted by Gasteiger charge is 2.44. The van der Waals surface area contributed by atoms with Gasteiger partial charge in [0.15, 0.2) is 5.75 Å². The summed E-state index contributed by atoms with van der Waals surface area (Å²) in [5.41, 5.74) is 4.43. The number of rotatable bonds is 5. The van der Waals surface area contributed by atoms with E-state index in [9.17, 15) is 13.8 Å². The maximum absolute atomic E-state index is 14.8. The van der Waals surface area contributed by atoms with Crippen molar-refractivity contribution in [1.29, 1.82) is 0 Å². The van der Waals surface area contributed by atoms with E-state index in [1.807, 2.05) is 29.7 Å². The second kappa shape index (κ2) is 15.2. The van der Waals surface area contributed by atoms with Crippen molar-refractivity contribution in [2.45, 2.75) is 76.0 Å². The Kier molecular flexibility index (Phi) is 10.6. The monoisotopic (exact) mass is 790 g/mol. The summed E-state index contributed by atoms with van der Waals surface area (Å²) < 4.78 is 47.8. The predicted octanol–water partition coefficient (Wildman–Crippen LogP) is 6.78. The van der Waals surface area contributed by atoms with Crippen LogP contribution in [-0.4, -0.2) is 79.6 Å². The Bertz CT molecular complexity index is 2140. The number of nitrogens with one attached hydrogen (secondary N) is 1. The van der Waals surface area contributed by atoms with Crippen LogP contribution in [0.15, 0.2) is 59.1 Å². The number of benzene rings is 2. The van der Waals surface area contributed by atoms with Crippen LogP contribution in [0.3, 0.4) is 0 Å². The van der Waals surface area contributed by atoms with Crippen molar-refractivity contribution >= 4 is 39.0 Å². The standard InChI is InChI=1S/C42H51ClN4O7S/c1-26-7-5-9-37(52-3)32-13-10-29(32)20-47-24-42(16-6-8-27-17-30(43)12-14-34(27)42)25-54-38-15-11-28(18-35(38)47)40(48)44-55(50,23-26)45-41(49)33-22-46-21-31(51-2)19-36(46)39(33)53-4/h5,9,11-12,14-15,17-18,22,26,29,31-32,37H,6-8,10,13,16,19-21,23-25H2,1-4H3,(H,44,45,48,49,50)/b9-5+/t26-,29-,31-,32+,37-,42-,55-/m0/s1. The molecule has 8 rings (SSSR count). The molecule has 2 bridgehead atoms. The number of carbonyl (C=O) groups excluding carboxylic acids is 2. The number of halogens is 1. The normalized spacial score (nSPS) is 30.8. The third-order valence-electron chi connectivity index (χ3n) is 12.5. The first kappa shape index (κ1) is 38.1. The van der Waals surface area contributed by atoms with Gasteiger partial charge in [-0.1, -0.05) is 36.7 Å². The topological polar surface area (TPSA) is 121 Å². The Balaban J connectivity index is 1.18. The molecule has 1 saturated carbocycles. The zero-order valence-corrected chi connectivity index (χ0v) is 33.6. The summed E-state index contributed by atoms with van der Waals surface area (Å²) in [7, 11) is 1.32. The molecule has 0 saturated heterocycles. The number of hydrogen-bond donors (Lipinski definition) is 1. The van der Waals surface area contributed by atoms with Gasteiger partial charge in [-0.15, -0.1) is 4.36 Å². The first-order valence-electron chi connectivity index (χ1n) is 19.4. The second-order valence-corrected chi connectivity index (χ2v) is 18.6. The van der Waals surface area contributed by atoms with Gasteiger partial charge in [-0.25, -0.2) is 4.21 Å². The third-order valence-corrected chi connectivity index (χ3v) is 14.7. The van der Waals surface area contributed by atoms with E-state index in [0.717, 1.165) is 55.1 Å². The minimum absolute atomic E-state index is 0.0216. The Hall–Kier alpha value is -3.84. The van der Waals surface area contributed by atoms with E-state index in [1.165, 1.54) is 18.2 Å². The average molecular weight is 791 g/mol. The highest BCUT2D eigenvalue weighted by atomic mass is 35.5. The smallest absolute Gasteiger partial charge is 0.286 e. The molecular weight excluding hydrogens is 740 g/mol. The van der Waals surface area contributed by atoms with Crippen molar-refractivity contribution in [2.24, 2.45) is 22.1 Å². The molecule has 1 N–H and O–H groups in total. The average Bonchev–Trinajstić information content (AvgIpc) is 3.67. The van der Waals surface area contributed by atoms with Gasteiger partial charge in [-0.05, 0) is 97.7 Å². The van der Waals surface area contributed by atoms with Gasteiger partial charge >= 0.3 is 0 Å². The van der Waals surface area contributed by atoms with E-state index in [-0.39, 0.29) is 40.4 Å². The maximum Gasteiger partial charge on any atom is 0.286 e. The van der Waals surface area contributed by atoms with Gasteiger partial charge in [-0.3, -0.25) is 14.3 Å². The van der Waals surface area contributed by atoms with E-state index < -0.39 is 21.7 Å². The minimum Gasteiger partial charge on any atom is -0.494 e. The van der Waals surface area contributed by atoms with E-state index in [4.69, 9.17) is 30.5 Å². The molecule has 0 unspecified atom stereocenters. The molecule has 13 heteroatoms. The number of aryl methyl sites for hydroxylation is 1. The van der Waals surface area contributed by atoms with Crippen LogP contribution < -0.4 is 19.1 Å². The molecule has 2 aliphatic carbocycles. The van der Waals surface area contributed by atoms with Gasteiger partial charge in [0.25, 0.3) is 11.8 Å². The number of hydrogen-bond acceptors (Lipinski definition) is 8. The molecule has 5 aliphatic rings.